The number of hydrogen-bond donors (Lipinski definition) is 3. The van der Waals surface area contributed by atoms with Crippen LogP contribution in [-0.2, 0) is 65.4 Å². The Kier molecular flexibility index (Phi) is 61.3. The first kappa shape index (κ1) is 90.1. The number of phosphoric ester groups is 2. The van der Waals surface area contributed by atoms with Crippen molar-refractivity contribution in [3.05, 3.63) is 0 Å². The van der Waals surface area contributed by atoms with Crippen molar-refractivity contribution in [2.24, 2.45) is 23.7 Å². The highest BCUT2D eigenvalue weighted by Crippen LogP contribution is 2.45. The van der Waals surface area contributed by atoms with Crippen LogP contribution in [0, 0.1) is 23.7 Å². The molecule has 0 aromatic carbocycles. The number of esters is 4. The van der Waals surface area contributed by atoms with Gasteiger partial charge in [-0.3, -0.25) is 37.3 Å². The molecule has 0 fully saturated rings. The second kappa shape index (κ2) is 62.6. The molecule has 2 unspecified atom stereocenters. The normalized spacial score (nSPS) is 14.2. The number of aliphatic hydroxyl groups excluding tert-OH is 1. The second-order valence-electron chi connectivity index (χ2n) is 28.2. The molecule has 546 valence electrons. The van der Waals surface area contributed by atoms with E-state index in [0.717, 1.165) is 115 Å². The van der Waals surface area contributed by atoms with Crippen LogP contribution in [0.25, 0.3) is 0 Å². The van der Waals surface area contributed by atoms with E-state index in [9.17, 15) is 43.2 Å². The molecule has 0 spiro atoms. The quantitative estimate of drug-likeness (QED) is 0.0222. The molecule has 19 heteroatoms. The Balaban J connectivity index is 5.21. The summed E-state index contributed by atoms with van der Waals surface area (Å²) in [6.07, 6.45) is 46.1. The lowest BCUT2D eigenvalue weighted by Crippen LogP contribution is -2.30. The monoisotopic (exact) mass is 1350 g/mol. The zero-order valence-corrected chi connectivity index (χ0v) is 62.0. The van der Waals surface area contributed by atoms with Gasteiger partial charge in [0.05, 0.1) is 26.4 Å². The van der Waals surface area contributed by atoms with Crippen LogP contribution in [0.5, 0.6) is 0 Å². The lowest BCUT2D eigenvalue weighted by molar-refractivity contribution is -0.161. The number of rotatable bonds is 70. The highest BCUT2D eigenvalue weighted by Gasteiger charge is 2.30. The summed E-state index contributed by atoms with van der Waals surface area (Å²) in [5.41, 5.74) is 0. The van der Waals surface area contributed by atoms with E-state index in [4.69, 9.17) is 37.0 Å². The highest BCUT2D eigenvalue weighted by molar-refractivity contribution is 7.47. The van der Waals surface area contributed by atoms with E-state index in [1.54, 1.807) is 0 Å². The van der Waals surface area contributed by atoms with E-state index in [1.165, 1.54) is 154 Å². The minimum Gasteiger partial charge on any atom is -0.462 e. The topological polar surface area (TPSA) is 237 Å². The Morgan fingerprint density at radius 3 is 0.674 bits per heavy atom. The van der Waals surface area contributed by atoms with Crippen molar-refractivity contribution < 1.29 is 80.2 Å². The van der Waals surface area contributed by atoms with Gasteiger partial charge in [0.25, 0.3) is 0 Å². The molecular formula is C73H142O17P2. The van der Waals surface area contributed by atoms with Crippen molar-refractivity contribution in [2.45, 2.75) is 382 Å². The van der Waals surface area contributed by atoms with Crippen LogP contribution in [-0.4, -0.2) is 96.7 Å². The molecule has 5 atom stereocenters. The molecule has 0 aliphatic heterocycles. The predicted molar refractivity (Wildman–Crippen MR) is 372 cm³/mol. The van der Waals surface area contributed by atoms with Crippen molar-refractivity contribution in [1.82, 2.24) is 0 Å². The molecular weight excluding hydrogens is 1210 g/mol. The fourth-order valence-corrected chi connectivity index (χ4v) is 12.6. The number of carbonyl (C=O) groups excluding carboxylic acids is 4. The van der Waals surface area contributed by atoms with Crippen molar-refractivity contribution in [1.29, 1.82) is 0 Å². The summed E-state index contributed by atoms with van der Waals surface area (Å²) in [5, 5.41) is 10.6. The highest BCUT2D eigenvalue weighted by atomic mass is 31.2. The fourth-order valence-electron chi connectivity index (χ4n) is 11.0. The molecule has 0 saturated heterocycles. The Morgan fingerprint density at radius 2 is 0.457 bits per heavy atom. The SMILES string of the molecule is CC(C)CCCCCCCCCCCCCCCCC(=O)O[C@H](COC(=O)CCCCCCCCCC(C)C)COP(=O)(O)OC[C@@H](O)COP(=O)(O)OC[C@@H](COC(=O)CCCCCCCCC(C)C)OC(=O)CCCCCCCCCCCCCCCC(C)C. The molecule has 92 heavy (non-hydrogen) atoms. The summed E-state index contributed by atoms with van der Waals surface area (Å²) in [5.74, 6) is 0.839. The van der Waals surface area contributed by atoms with Crippen molar-refractivity contribution >= 4 is 39.5 Å². The molecule has 0 radical (unpaired) electrons. The fraction of sp³-hybridized carbons (Fsp3) is 0.945. The van der Waals surface area contributed by atoms with E-state index in [2.05, 4.69) is 55.4 Å². The number of carbonyl (C=O) groups is 4. The van der Waals surface area contributed by atoms with Gasteiger partial charge in [0.15, 0.2) is 12.2 Å². The maximum Gasteiger partial charge on any atom is 0.472 e. The molecule has 0 heterocycles. The number of phosphoric acid groups is 2. The van der Waals surface area contributed by atoms with Gasteiger partial charge < -0.3 is 33.8 Å². The van der Waals surface area contributed by atoms with E-state index in [1.807, 2.05) is 0 Å². The van der Waals surface area contributed by atoms with Crippen LogP contribution < -0.4 is 0 Å². The second-order valence-corrected chi connectivity index (χ2v) is 31.1. The van der Waals surface area contributed by atoms with Crippen LogP contribution in [0.4, 0.5) is 0 Å². The van der Waals surface area contributed by atoms with Crippen molar-refractivity contribution in [3.8, 4) is 0 Å². The number of unbranched alkanes of at least 4 members (excludes halogenated alkanes) is 36. The number of aliphatic hydroxyl groups is 1. The minimum atomic E-state index is -4.95. The molecule has 0 aliphatic rings. The lowest BCUT2D eigenvalue weighted by atomic mass is 10.0. The average Bonchev–Trinajstić information content (AvgIpc) is 1.60. The molecule has 0 bridgehead atoms. The Hall–Kier alpha value is -1.94. The van der Waals surface area contributed by atoms with Crippen molar-refractivity contribution in [3.63, 3.8) is 0 Å². The number of ether oxygens (including phenoxy) is 4. The minimum absolute atomic E-state index is 0.106. The first-order chi connectivity index (χ1) is 44.1. The van der Waals surface area contributed by atoms with Gasteiger partial charge in [-0.05, 0) is 49.4 Å². The van der Waals surface area contributed by atoms with Crippen LogP contribution in [0.2, 0.25) is 0 Å². The van der Waals surface area contributed by atoms with E-state index in [0.29, 0.717) is 37.5 Å². The molecule has 17 nitrogen and oxygen atoms in total. The van der Waals surface area contributed by atoms with Gasteiger partial charge in [-0.1, -0.05) is 312 Å². The summed E-state index contributed by atoms with van der Waals surface area (Å²) in [4.78, 5) is 72.6. The van der Waals surface area contributed by atoms with Gasteiger partial charge in [-0.25, -0.2) is 9.13 Å². The molecule has 0 aliphatic carbocycles. The lowest BCUT2D eigenvalue weighted by Gasteiger charge is -2.21. The molecule has 0 aromatic rings. The van der Waals surface area contributed by atoms with Gasteiger partial charge in [0, 0.05) is 25.7 Å². The molecule has 0 saturated carbocycles. The van der Waals surface area contributed by atoms with Gasteiger partial charge >= 0.3 is 39.5 Å². The van der Waals surface area contributed by atoms with Gasteiger partial charge in [-0.15, -0.1) is 0 Å². The third-order valence-electron chi connectivity index (χ3n) is 16.8. The average molecular weight is 1350 g/mol. The van der Waals surface area contributed by atoms with E-state index in [-0.39, 0.29) is 25.7 Å². The van der Waals surface area contributed by atoms with Crippen LogP contribution in [0.3, 0.4) is 0 Å². The predicted octanol–water partition coefficient (Wildman–Crippen LogP) is 20.9. The summed E-state index contributed by atoms with van der Waals surface area (Å²) < 4.78 is 68.4. The number of hydrogen-bond acceptors (Lipinski definition) is 15. The Bertz CT molecular complexity index is 1820. The van der Waals surface area contributed by atoms with Gasteiger partial charge in [0.2, 0.25) is 0 Å². The van der Waals surface area contributed by atoms with Crippen LogP contribution >= 0.6 is 15.6 Å². The summed E-state index contributed by atoms with van der Waals surface area (Å²) in [6.45, 7) is 14.1. The van der Waals surface area contributed by atoms with Crippen LogP contribution in [0.1, 0.15) is 364 Å². The van der Waals surface area contributed by atoms with Gasteiger partial charge in [0.1, 0.15) is 19.3 Å². The molecule has 0 amide bonds. The first-order valence-electron chi connectivity index (χ1n) is 37.7. The zero-order chi connectivity index (χ0) is 68.2. The summed E-state index contributed by atoms with van der Waals surface area (Å²) in [6, 6.07) is 0. The van der Waals surface area contributed by atoms with E-state index < -0.39 is 97.5 Å². The van der Waals surface area contributed by atoms with Crippen LogP contribution in [0.15, 0.2) is 0 Å². The first-order valence-corrected chi connectivity index (χ1v) is 40.7. The molecule has 3 N–H and O–H groups in total. The summed E-state index contributed by atoms with van der Waals surface area (Å²) in [7, 11) is -9.91. The molecule has 0 aromatic heterocycles. The Morgan fingerprint density at radius 1 is 0.272 bits per heavy atom. The third kappa shape index (κ3) is 66.7. The zero-order valence-electron chi connectivity index (χ0n) is 60.2. The smallest absolute Gasteiger partial charge is 0.462 e. The van der Waals surface area contributed by atoms with Crippen molar-refractivity contribution in [2.75, 3.05) is 39.6 Å². The maximum atomic E-state index is 13.0. The maximum absolute atomic E-state index is 13.0. The van der Waals surface area contributed by atoms with E-state index >= 15 is 0 Å². The Labute approximate surface area is 562 Å². The third-order valence-corrected chi connectivity index (χ3v) is 18.7. The molecule has 0 rings (SSSR count). The summed E-state index contributed by atoms with van der Waals surface area (Å²) >= 11 is 0. The van der Waals surface area contributed by atoms with Gasteiger partial charge in [-0.2, -0.15) is 0 Å². The standard InChI is InChI=1S/C73H142O17P2/c1-63(2)49-41-33-25-20-16-12-9-10-14-18-22-28-39-47-55-72(77)89-68(59-83-70(75)53-45-37-30-24-27-35-43-51-65(5)6)61-87-91(79,80)85-57-67(74)58-86-92(81,82)88-62-69(60-84-71(76)54-46-38-32-31-36-44-52-66(7)8)90-73(78)56-48-40-29-23-19-15-11-13-17-21-26-34-42-50-64(3)4/h63-69,74H,9-62H2,1-8H3,(H,79,80)(H,81,82)/t67-,68-,69-/m1/s1. The largest absolute Gasteiger partial charge is 0.472 e.